The molecule has 4 nitrogen and oxygen atoms in total. The second kappa shape index (κ2) is 6.34. The van der Waals surface area contributed by atoms with E-state index in [4.69, 9.17) is 14.2 Å². The van der Waals surface area contributed by atoms with Crippen LogP contribution in [0.2, 0.25) is 0 Å². The first-order valence-corrected chi connectivity index (χ1v) is 9.54. The molecule has 4 heteroatoms. The van der Waals surface area contributed by atoms with Crippen LogP contribution in [0.25, 0.3) is 0 Å². The Morgan fingerprint density at radius 3 is 2.48 bits per heavy atom. The van der Waals surface area contributed by atoms with Crippen LogP contribution in [0.5, 0.6) is 0 Å². The van der Waals surface area contributed by atoms with Gasteiger partial charge in [0.05, 0.1) is 32.5 Å². The molecule has 25 heavy (non-hydrogen) atoms. The van der Waals surface area contributed by atoms with Gasteiger partial charge in [0, 0.05) is 11.8 Å². The summed E-state index contributed by atoms with van der Waals surface area (Å²) in [5.41, 5.74) is 1.29. The van der Waals surface area contributed by atoms with Gasteiger partial charge in [-0.3, -0.25) is 0 Å². The summed E-state index contributed by atoms with van der Waals surface area (Å²) in [7, 11) is 0. The van der Waals surface area contributed by atoms with E-state index in [-0.39, 0.29) is 30.0 Å². The van der Waals surface area contributed by atoms with Gasteiger partial charge >= 0.3 is 0 Å². The Kier molecular flexibility index (Phi) is 4.43. The first-order chi connectivity index (χ1) is 12.0. The molecule has 1 saturated heterocycles. The van der Waals surface area contributed by atoms with Crippen LogP contribution >= 0.6 is 0 Å². The molecule has 2 unspecified atom stereocenters. The molecule has 1 N–H and O–H groups in total. The van der Waals surface area contributed by atoms with Gasteiger partial charge in [0.1, 0.15) is 0 Å². The Labute approximate surface area is 150 Å². The fourth-order valence-corrected chi connectivity index (χ4v) is 5.83. The second-order valence-electron chi connectivity index (χ2n) is 8.65. The SMILES string of the molecule is C[C@@H]1C2C(CC(C)(C)[C@@H]2OCc2ccccc2)[C@H](CO)C12OCCO2. The number of aliphatic hydroxyl groups excluding tert-OH is 1. The van der Waals surface area contributed by atoms with Crippen molar-refractivity contribution in [3.05, 3.63) is 35.9 Å². The average Bonchev–Trinajstić information content (AvgIpc) is 3.23. The smallest absolute Gasteiger partial charge is 0.176 e. The van der Waals surface area contributed by atoms with E-state index in [0.717, 1.165) is 6.42 Å². The van der Waals surface area contributed by atoms with Crippen molar-refractivity contribution in [1.82, 2.24) is 0 Å². The highest BCUT2D eigenvalue weighted by Crippen LogP contribution is 2.63. The molecule has 1 spiro atoms. The van der Waals surface area contributed by atoms with Gasteiger partial charge in [-0.25, -0.2) is 0 Å². The zero-order chi connectivity index (χ0) is 17.7. The molecule has 0 aromatic heterocycles. The van der Waals surface area contributed by atoms with Gasteiger partial charge in [0.25, 0.3) is 0 Å². The highest BCUT2D eigenvalue weighted by Gasteiger charge is 2.68. The lowest BCUT2D eigenvalue weighted by atomic mass is 9.80. The van der Waals surface area contributed by atoms with E-state index in [1.165, 1.54) is 5.56 Å². The van der Waals surface area contributed by atoms with Gasteiger partial charge in [-0.2, -0.15) is 0 Å². The van der Waals surface area contributed by atoms with E-state index in [9.17, 15) is 5.11 Å². The number of fused-ring (bicyclic) bond motifs is 1. The van der Waals surface area contributed by atoms with Crippen LogP contribution in [0.1, 0.15) is 32.8 Å². The number of benzene rings is 1. The van der Waals surface area contributed by atoms with Gasteiger partial charge in [-0.15, -0.1) is 0 Å². The number of hydrogen-bond donors (Lipinski definition) is 1. The minimum Gasteiger partial charge on any atom is -0.396 e. The molecule has 5 atom stereocenters. The van der Waals surface area contributed by atoms with Crippen molar-refractivity contribution in [3.63, 3.8) is 0 Å². The molecule has 0 amide bonds. The molecule has 3 aliphatic rings. The maximum Gasteiger partial charge on any atom is 0.176 e. The van der Waals surface area contributed by atoms with E-state index in [1.54, 1.807) is 0 Å². The van der Waals surface area contributed by atoms with E-state index >= 15 is 0 Å². The van der Waals surface area contributed by atoms with Crippen molar-refractivity contribution >= 4 is 0 Å². The maximum absolute atomic E-state index is 10.1. The summed E-state index contributed by atoms with van der Waals surface area (Å²) < 4.78 is 18.7. The fourth-order valence-electron chi connectivity index (χ4n) is 5.83. The zero-order valence-electron chi connectivity index (χ0n) is 15.5. The van der Waals surface area contributed by atoms with Gasteiger partial charge in [-0.05, 0) is 29.2 Å². The number of rotatable bonds is 4. The third kappa shape index (κ3) is 2.66. The standard InChI is InChI=1S/C21H30O4/c1-14-18-16(17(12-22)21(14)24-9-10-25-21)11-20(2,3)19(18)23-13-15-7-5-4-6-8-15/h4-8,14,16-19,22H,9-13H2,1-3H3/t14-,16?,17+,18?,19-/m1/s1. The van der Waals surface area contributed by atoms with Gasteiger partial charge in [-0.1, -0.05) is 51.1 Å². The number of hydrogen-bond acceptors (Lipinski definition) is 4. The maximum atomic E-state index is 10.1. The molecule has 1 heterocycles. The number of ether oxygens (including phenoxy) is 3. The predicted molar refractivity (Wildman–Crippen MR) is 94.8 cm³/mol. The molecule has 1 aromatic carbocycles. The van der Waals surface area contributed by atoms with Crippen molar-refractivity contribution in [2.75, 3.05) is 19.8 Å². The molecule has 0 radical (unpaired) electrons. The summed E-state index contributed by atoms with van der Waals surface area (Å²) >= 11 is 0. The third-order valence-electron chi connectivity index (χ3n) is 6.83. The van der Waals surface area contributed by atoms with E-state index in [1.807, 2.05) is 6.07 Å². The van der Waals surface area contributed by atoms with E-state index in [2.05, 4.69) is 45.0 Å². The summed E-state index contributed by atoms with van der Waals surface area (Å²) in [6.07, 6.45) is 1.19. The lowest BCUT2D eigenvalue weighted by molar-refractivity contribution is -0.225. The molecule has 1 aromatic rings. The van der Waals surface area contributed by atoms with Crippen LogP contribution in [0.4, 0.5) is 0 Å². The number of aliphatic hydroxyl groups is 1. The fraction of sp³-hybridized carbons (Fsp3) is 0.714. The average molecular weight is 346 g/mol. The van der Waals surface area contributed by atoms with Crippen LogP contribution in [0.3, 0.4) is 0 Å². The summed E-state index contributed by atoms with van der Waals surface area (Å²) in [6.45, 7) is 8.81. The molecule has 2 saturated carbocycles. The Bertz CT molecular complexity index is 593. The van der Waals surface area contributed by atoms with Crippen LogP contribution in [0.15, 0.2) is 30.3 Å². The van der Waals surface area contributed by atoms with Crippen molar-refractivity contribution < 1.29 is 19.3 Å². The van der Waals surface area contributed by atoms with E-state index < -0.39 is 5.79 Å². The second-order valence-corrected chi connectivity index (χ2v) is 8.65. The quantitative estimate of drug-likeness (QED) is 0.909. The van der Waals surface area contributed by atoms with Crippen LogP contribution in [-0.4, -0.2) is 36.8 Å². The van der Waals surface area contributed by atoms with Crippen LogP contribution in [0, 0.1) is 29.1 Å². The minimum absolute atomic E-state index is 0.0413. The molecular weight excluding hydrogens is 316 g/mol. The van der Waals surface area contributed by atoms with Crippen LogP contribution < -0.4 is 0 Å². The zero-order valence-corrected chi connectivity index (χ0v) is 15.5. The summed E-state index contributed by atoms with van der Waals surface area (Å²) in [5.74, 6) is 0.386. The first kappa shape index (κ1) is 17.5. The topological polar surface area (TPSA) is 47.9 Å². The highest BCUT2D eigenvalue weighted by atomic mass is 16.7. The highest BCUT2D eigenvalue weighted by molar-refractivity contribution is 5.15. The molecular formula is C21H30O4. The molecule has 138 valence electrons. The molecule has 3 fully saturated rings. The molecule has 1 aliphatic heterocycles. The molecule has 0 bridgehead atoms. The Morgan fingerprint density at radius 1 is 1.16 bits per heavy atom. The summed E-state index contributed by atoms with van der Waals surface area (Å²) in [4.78, 5) is 0. The van der Waals surface area contributed by atoms with E-state index in [0.29, 0.717) is 31.7 Å². The lowest BCUT2D eigenvalue weighted by Crippen LogP contribution is -2.46. The van der Waals surface area contributed by atoms with Crippen molar-refractivity contribution in [2.24, 2.45) is 29.1 Å². The Morgan fingerprint density at radius 2 is 1.84 bits per heavy atom. The lowest BCUT2D eigenvalue weighted by Gasteiger charge is -2.38. The molecule has 2 aliphatic carbocycles. The van der Waals surface area contributed by atoms with Crippen molar-refractivity contribution in [2.45, 2.75) is 45.7 Å². The predicted octanol–water partition coefficient (Wildman–Crippen LogP) is 3.24. The first-order valence-electron chi connectivity index (χ1n) is 9.54. The largest absolute Gasteiger partial charge is 0.396 e. The van der Waals surface area contributed by atoms with Gasteiger partial charge < -0.3 is 19.3 Å². The minimum atomic E-state index is -0.616. The monoisotopic (exact) mass is 346 g/mol. The Hall–Kier alpha value is -0.940. The third-order valence-corrected chi connectivity index (χ3v) is 6.83. The van der Waals surface area contributed by atoms with Crippen LogP contribution in [-0.2, 0) is 20.8 Å². The van der Waals surface area contributed by atoms with Crippen molar-refractivity contribution in [1.29, 1.82) is 0 Å². The van der Waals surface area contributed by atoms with Gasteiger partial charge in [0.2, 0.25) is 0 Å². The normalized spacial score (nSPS) is 38.3. The Balaban J connectivity index is 1.59. The van der Waals surface area contributed by atoms with Crippen molar-refractivity contribution in [3.8, 4) is 0 Å². The molecule has 4 rings (SSSR count). The van der Waals surface area contributed by atoms with Gasteiger partial charge in [0.15, 0.2) is 5.79 Å². The summed E-state index contributed by atoms with van der Waals surface area (Å²) in [6, 6.07) is 10.4. The summed E-state index contributed by atoms with van der Waals surface area (Å²) in [5, 5.41) is 10.1.